The summed E-state index contributed by atoms with van der Waals surface area (Å²) in [6, 6.07) is 31.4. The number of nitrogens with one attached hydrogen (secondary N) is 1. The zero-order chi connectivity index (χ0) is 28.8. The number of carbonyl (C=O) groups excluding carboxylic acids is 1. The van der Waals surface area contributed by atoms with Crippen LogP contribution in [0.15, 0.2) is 108 Å². The fourth-order valence-corrected chi connectivity index (χ4v) is 6.70. The van der Waals surface area contributed by atoms with Gasteiger partial charge in [0.2, 0.25) is 5.91 Å². The van der Waals surface area contributed by atoms with Crippen LogP contribution in [0.5, 0.6) is 0 Å². The number of nitrogens with zero attached hydrogens (tertiary/aromatic N) is 2. The van der Waals surface area contributed by atoms with Gasteiger partial charge in [0.1, 0.15) is 5.84 Å². The van der Waals surface area contributed by atoms with E-state index in [0.717, 1.165) is 35.2 Å². The average Bonchev–Trinajstić information content (AvgIpc) is 3.00. The molecule has 0 atom stereocenters. The molecule has 3 N–H and O–H groups in total. The summed E-state index contributed by atoms with van der Waals surface area (Å²) < 4.78 is 29.1. The minimum atomic E-state index is -3.80. The first kappa shape index (κ1) is 30.8. The molecular weight excluding hydrogens is 568 g/mol. The molecule has 0 saturated heterocycles. The third-order valence-corrected chi connectivity index (χ3v) is 9.28. The van der Waals surface area contributed by atoms with Gasteiger partial charge in [-0.2, -0.15) is 0 Å². The minimum Gasteiger partial charge on any atom is -0.384 e. The smallest absolute Gasteiger partial charge is 0.264 e. The normalized spacial score (nSPS) is 12.6. The number of aryl methyl sites for hydroxylation is 2. The Kier molecular flexibility index (Phi) is 10.0. The largest absolute Gasteiger partial charge is 0.384 e. The van der Waals surface area contributed by atoms with E-state index >= 15 is 0 Å². The summed E-state index contributed by atoms with van der Waals surface area (Å²) in [6.07, 6.45) is 3.10. The summed E-state index contributed by atoms with van der Waals surface area (Å²) in [6.45, 7) is 0.930. The summed E-state index contributed by atoms with van der Waals surface area (Å²) in [4.78, 5) is 15.4. The fraction of sp³-hybridized carbons (Fsp3) is 0.212. The Morgan fingerprint density at radius 3 is 2.17 bits per heavy atom. The van der Waals surface area contributed by atoms with Crippen LogP contribution in [0.1, 0.15) is 35.1 Å². The van der Waals surface area contributed by atoms with Crippen LogP contribution in [0, 0.1) is 5.41 Å². The Hall–Kier alpha value is -4.14. The molecule has 5 rings (SSSR count). The number of amidine groups is 1. The lowest BCUT2D eigenvalue weighted by Gasteiger charge is -2.32. The van der Waals surface area contributed by atoms with E-state index in [9.17, 15) is 13.2 Å². The van der Waals surface area contributed by atoms with Crippen molar-refractivity contribution in [1.29, 1.82) is 5.41 Å². The summed E-state index contributed by atoms with van der Waals surface area (Å²) in [7, 11) is -3.80. The number of anilines is 2. The molecular formula is C33H35ClN4O3S. The predicted molar refractivity (Wildman–Crippen MR) is 171 cm³/mol. The van der Waals surface area contributed by atoms with Crippen LogP contribution in [0.2, 0.25) is 0 Å². The fourth-order valence-electron chi connectivity index (χ4n) is 5.22. The van der Waals surface area contributed by atoms with Gasteiger partial charge in [-0.1, -0.05) is 72.8 Å². The number of amides is 1. The van der Waals surface area contributed by atoms with Crippen LogP contribution in [-0.4, -0.2) is 33.3 Å². The first-order valence-corrected chi connectivity index (χ1v) is 15.3. The maximum absolute atomic E-state index is 13.8. The number of nitrogen functional groups attached to an aromatic ring is 1. The molecule has 0 radical (unpaired) electrons. The molecule has 9 heteroatoms. The highest BCUT2D eigenvalue weighted by molar-refractivity contribution is 7.92. The van der Waals surface area contributed by atoms with Gasteiger partial charge < -0.3 is 10.6 Å². The molecule has 4 aromatic carbocycles. The second-order valence-electron chi connectivity index (χ2n) is 10.2. The lowest BCUT2D eigenvalue weighted by Crippen LogP contribution is -2.36. The molecule has 0 aromatic heterocycles. The molecule has 4 aromatic rings. The van der Waals surface area contributed by atoms with E-state index < -0.39 is 10.0 Å². The molecule has 42 heavy (non-hydrogen) atoms. The van der Waals surface area contributed by atoms with E-state index in [1.165, 1.54) is 4.31 Å². The van der Waals surface area contributed by atoms with Crippen molar-refractivity contribution < 1.29 is 13.2 Å². The standard InChI is InChI=1S/C33H34N4O3S.ClH/c34-33(35)27-16-13-26(14-17-27)15-20-32(38)36-22-7-10-28-24-29(18-19-31(28)36)37(23-21-25-8-3-1-4-9-25)41(39,40)30-11-5-2-6-12-30;/h1-6,8-9,11-14,16-19,24H,7,10,15,20-23H2,(H3,34,35);1H. The van der Waals surface area contributed by atoms with Gasteiger partial charge in [-0.25, -0.2) is 8.42 Å². The number of fused-ring (bicyclic) bond motifs is 1. The molecule has 7 nitrogen and oxygen atoms in total. The minimum absolute atomic E-state index is 0. The number of hydrogen-bond donors (Lipinski definition) is 2. The van der Waals surface area contributed by atoms with Crippen molar-refractivity contribution in [1.82, 2.24) is 0 Å². The van der Waals surface area contributed by atoms with E-state index in [1.54, 1.807) is 42.5 Å². The van der Waals surface area contributed by atoms with Crippen molar-refractivity contribution >= 4 is 45.5 Å². The van der Waals surface area contributed by atoms with Gasteiger partial charge in [0.25, 0.3) is 10.0 Å². The maximum atomic E-state index is 13.8. The quantitative estimate of drug-likeness (QED) is 0.178. The summed E-state index contributed by atoms with van der Waals surface area (Å²) in [5.41, 5.74) is 10.7. The number of hydrogen-bond acceptors (Lipinski definition) is 4. The SMILES string of the molecule is Cl.N=C(N)c1ccc(CCC(=O)N2CCCc3cc(N(CCc4ccccc4)S(=O)(=O)c4ccccc4)ccc32)cc1. The van der Waals surface area contributed by atoms with Gasteiger partial charge in [-0.15, -0.1) is 12.4 Å². The molecule has 1 heterocycles. The number of sulfonamides is 1. The Morgan fingerprint density at radius 2 is 1.50 bits per heavy atom. The summed E-state index contributed by atoms with van der Waals surface area (Å²) >= 11 is 0. The molecule has 1 aliphatic rings. The van der Waals surface area contributed by atoms with E-state index in [-0.39, 0.29) is 29.0 Å². The number of carbonyl (C=O) groups is 1. The van der Waals surface area contributed by atoms with Crippen LogP contribution in [0.3, 0.4) is 0 Å². The van der Waals surface area contributed by atoms with Crippen molar-refractivity contribution in [3.05, 3.63) is 125 Å². The van der Waals surface area contributed by atoms with Gasteiger partial charge in [0.05, 0.1) is 10.6 Å². The molecule has 218 valence electrons. The monoisotopic (exact) mass is 602 g/mol. The van der Waals surface area contributed by atoms with E-state index in [4.69, 9.17) is 11.1 Å². The molecule has 0 bridgehead atoms. The molecule has 1 amide bonds. The first-order valence-electron chi connectivity index (χ1n) is 13.8. The number of benzene rings is 4. The zero-order valence-corrected chi connectivity index (χ0v) is 24.9. The van der Waals surface area contributed by atoms with Crippen LogP contribution < -0.4 is 14.9 Å². The lowest BCUT2D eigenvalue weighted by molar-refractivity contribution is -0.118. The Labute approximate surface area is 254 Å². The Balaban J connectivity index is 0.00000405. The van der Waals surface area contributed by atoms with Crippen molar-refractivity contribution in [2.45, 2.75) is 37.0 Å². The first-order chi connectivity index (χ1) is 19.8. The summed E-state index contributed by atoms with van der Waals surface area (Å²) in [5, 5.41) is 7.54. The lowest BCUT2D eigenvalue weighted by atomic mass is 9.99. The van der Waals surface area contributed by atoms with Gasteiger partial charge in [0, 0.05) is 30.8 Å². The highest BCUT2D eigenvalue weighted by Gasteiger charge is 2.28. The molecule has 0 aliphatic carbocycles. The molecule has 0 saturated carbocycles. The van der Waals surface area contributed by atoms with E-state index in [2.05, 4.69) is 0 Å². The van der Waals surface area contributed by atoms with Crippen molar-refractivity contribution in [2.75, 3.05) is 22.3 Å². The van der Waals surface area contributed by atoms with Crippen LogP contribution in [0.4, 0.5) is 11.4 Å². The number of halogens is 1. The maximum Gasteiger partial charge on any atom is 0.264 e. The Morgan fingerprint density at radius 1 is 0.857 bits per heavy atom. The van der Waals surface area contributed by atoms with Crippen LogP contribution in [0.25, 0.3) is 0 Å². The zero-order valence-electron chi connectivity index (χ0n) is 23.3. The predicted octanol–water partition coefficient (Wildman–Crippen LogP) is 5.74. The highest BCUT2D eigenvalue weighted by atomic mass is 35.5. The molecule has 0 unspecified atom stereocenters. The van der Waals surface area contributed by atoms with Gasteiger partial charge in [-0.3, -0.25) is 14.5 Å². The van der Waals surface area contributed by atoms with Gasteiger partial charge in [-0.05, 0) is 72.7 Å². The summed E-state index contributed by atoms with van der Waals surface area (Å²) in [5.74, 6) is 0.0549. The molecule has 0 fully saturated rings. The molecule has 0 spiro atoms. The van der Waals surface area contributed by atoms with Crippen molar-refractivity contribution in [3.8, 4) is 0 Å². The third-order valence-electron chi connectivity index (χ3n) is 7.44. The number of nitrogens with two attached hydrogens (primary N) is 1. The van der Waals surface area contributed by atoms with Crippen LogP contribution >= 0.6 is 12.4 Å². The topological polar surface area (TPSA) is 108 Å². The number of rotatable bonds is 10. The van der Waals surface area contributed by atoms with Crippen molar-refractivity contribution in [3.63, 3.8) is 0 Å². The molecule has 1 aliphatic heterocycles. The second-order valence-corrected chi connectivity index (χ2v) is 12.1. The second kappa shape index (κ2) is 13.7. The highest BCUT2D eigenvalue weighted by Crippen LogP contribution is 2.34. The van der Waals surface area contributed by atoms with Crippen LogP contribution in [-0.2, 0) is 34.1 Å². The Bertz CT molecular complexity index is 1630. The van der Waals surface area contributed by atoms with E-state index in [1.807, 2.05) is 65.6 Å². The average molecular weight is 603 g/mol. The van der Waals surface area contributed by atoms with Crippen molar-refractivity contribution in [2.24, 2.45) is 5.73 Å². The van der Waals surface area contributed by atoms with E-state index in [0.29, 0.717) is 43.6 Å². The van der Waals surface area contributed by atoms with Gasteiger partial charge >= 0.3 is 0 Å². The van der Waals surface area contributed by atoms with Gasteiger partial charge in [0.15, 0.2) is 0 Å². The third kappa shape index (κ3) is 7.01.